The normalized spacial score (nSPS) is 15.5. The van der Waals surface area contributed by atoms with Gasteiger partial charge in [0.05, 0.1) is 6.54 Å². The Kier molecular flexibility index (Phi) is 6.39. The molecule has 0 fully saturated rings. The Morgan fingerprint density at radius 1 is 1.31 bits per heavy atom. The zero-order chi connectivity index (χ0) is 11.8. The maximum absolute atomic E-state index is 4.38. The molecule has 16 heavy (non-hydrogen) atoms. The first-order valence-electron chi connectivity index (χ1n) is 6.70. The molecule has 2 nitrogen and oxygen atoms in total. The Balaban J connectivity index is 2.15. The van der Waals surface area contributed by atoms with E-state index in [4.69, 9.17) is 0 Å². The molecule has 0 radical (unpaired) electrons. The van der Waals surface area contributed by atoms with Gasteiger partial charge in [0.2, 0.25) is 0 Å². The lowest BCUT2D eigenvalue weighted by molar-refractivity contribution is 0.446. The fraction of sp³-hybridized carbons (Fsp3) is 0.786. The van der Waals surface area contributed by atoms with Crippen LogP contribution < -0.4 is 5.32 Å². The molecule has 1 rings (SSSR count). The van der Waals surface area contributed by atoms with Crippen LogP contribution in [0.15, 0.2) is 16.6 Å². The molecule has 1 aliphatic rings. The van der Waals surface area contributed by atoms with Gasteiger partial charge in [-0.05, 0) is 44.4 Å². The van der Waals surface area contributed by atoms with Gasteiger partial charge in [-0.25, -0.2) is 0 Å². The van der Waals surface area contributed by atoms with E-state index in [1.807, 2.05) is 0 Å². The molecule has 1 heterocycles. The average Bonchev–Trinajstić information content (AvgIpc) is 2.65. The van der Waals surface area contributed by atoms with Crippen molar-refractivity contribution in [3.05, 3.63) is 11.6 Å². The first-order chi connectivity index (χ1) is 7.76. The molecule has 0 aromatic rings. The number of hydrogen-bond acceptors (Lipinski definition) is 2. The van der Waals surface area contributed by atoms with E-state index >= 15 is 0 Å². The maximum atomic E-state index is 4.38. The van der Waals surface area contributed by atoms with Crippen LogP contribution >= 0.6 is 0 Å². The van der Waals surface area contributed by atoms with Gasteiger partial charge in [0, 0.05) is 11.8 Å². The van der Waals surface area contributed by atoms with E-state index < -0.39 is 0 Å². The van der Waals surface area contributed by atoms with Crippen molar-refractivity contribution in [1.82, 2.24) is 5.32 Å². The van der Waals surface area contributed by atoms with Crippen LogP contribution in [-0.4, -0.2) is 24.8 Å². The van der Waals surface area contributed by atoms with Crippen molar-refractivity contribution >= 4 is 5.71 Å². The summed E-state index contributed by atoms with van der Waals surface area (Å²) in [6.45, 7) is 8.65. The Morgan fingerprint density at radius 3 is 2.50 bits per heavy atom. The Morgan fingerprint density at radius 2 is 2.00 bits per heavy atom. The van der Waals surface area contributed by atoms with E-state index in [2.05, 4.69) is 37.2 Å². The summed E-state index contributed by atoms with van der Waals surface area (Å²) in [5, 5.41) is 3.67. The zero-order valence-electron chi connectivity index (χ0n) is 11.1. The monoisotopic (exact) mass is 222 g/mol. The highest BCUT2D eigenvalue weighted by Crippen LogP contribution is 2.10. The molecular formula is C14H26N2. The van der Waals surface area contributed by atoms with E-state index in [1.165, 1.54) is 37.0 Å². The molecule has 0 unspecified atom stereocenters. The highest BCUT2D eigenvalue weighted by atomic mass is 14.9. The summed E-state index contributed by atoms with van der Waals surface area (Å²) in [4.78, 5) is 4.38. The van der Waals surface area contributed by atoms with Crippen molar-refractivity contribution in [3.8, 4) is 0 Å². The zero-order valence-corrected chi connectivity index (χ0v) is 11.1. The van der Waals surface area contributed by atoms with E-state index in [-0.39, 0.29) is 0 Å². The maximum Gasteiger partial charge on any atom is 0.0606 e. The van der Waals surface area contributed by atoms with E-state index in [0.29, 0.717) is 0 Å². The molecule has 92 valence electrons. The second-order valence-electron chi connectivity index (χ2n) is 4.74. The van der Waals surface area contributed by atoms with Crippen molar-refractivity contribution in [2.45, 2.75) is 58.9 Å². The first-order valence-corrected chi connectivity index (χ1v) is 6.70. The Labute approximate surface area is 100 Å². The topological polar surface area (TPSA) is 24.4 Å². The molecule has 0 aromatic carbocycles. The predicted octanol–water partition coefficient (Wildman–Crippen LogP) is 3.34. The largest absolute Gasteiger partial charge is 0.314 e. The van der Waals surface area contributed by atoms with Gasteiger partial charge in [0.25, 0.3) is 0 Å². The summed E-state index contributed by atoms with van der Waals surface area (Å²) in [7, 11) is 0. The third kappa shape index (κ3) is 4.93. The van der Waals surface area contributed by atoms with Crippen LogP contribution in [0, 0.1) is 0 Å². The van der Waals surface area contributed by atoms with Crippen LogP contribution in [0.25, 0.3) is 0 Å². The van der Waals surface area contributed by atoms with Gasteiger partial charge in [0.15, 0.2) is 0 Å². The molecule has 0 bridgehead atoms. The van der Waals surface area contributed by atoms with E-state index in [9.17, 15) is 0 Å². The predicted molar refractivity (Wildman–Crippen MR) is 72.3 cm³/mol. The van der Waals surface area contributed by atoms with Crippen molar-refractivity contribution < 1.29 is 0 Å². The minimum atomic E-state index is 0.721. The lowest BCUT2D eigenvalue weighted by Crippen LogP contribution is -2.30. The molecule has 0 atom stereocenters. The SMILES string of the molecule is CCCC(CCC)NCCC1=CC(C)=NC1. The molecule has 2 heteroatoms. The fourth-order valence-electron chi connectivity index (χ4n) is 2.25. The molecule has 0 spiro atoms. The third-order valence-corrected chi connectivity index (χ3v) is 3.10. The second kappa shape index (κ2) is 7.61. The minimum absolute atomic E-state index is 0.721. The van der Waals surface area contributed by atoms with Crippen LogP contribution in [0.4, 0.5) is 0 Å². The smallest absolute Gasteiger partial charge is 0.0606 e. The van der Waals surface area contributed by atoms with Gasteiger partial charge in [-0.15, -0.1) is 0 Å². The van der Waals surface area contributed by atoms with Gasteiger partial charge in [-0.3, -0.25) is 4.99 Å². The van der Waals surface area contributed by atoms with Crippen molar-refractivity contribution in [3.63, 3.8) is 0 Å². The quantitative estimate of drug-likeness (QED) is 0.669. The molecule has 1 N–H and O–H groups in total. The summed E-state index contributed by atoms with van der Waals surface area (Å²) >= 11 is 0. The summed E-state index contributed by atoms with van der Waals surface area (Å²) in [6.07, 6.45) is 8.57. The number of aliphatic imine (C=N–C) groups is 1. The summed E-state index contributed by atoms with van der Waals surface area (Å²) in [5.74, 6) is 0. The van der Waals surface area contributed by atoms with E-state index in [1.54, 1.807) is 0 Å². The summed E-state index contributed by atoms with van der Waals surface area (Å²) < 4.78 is 0. The highest BCUT2D eigenvalue weighted by molar-refractivity contribution is 5.95. The van der Waals surface area contributed by atoms with Crippen LogP contribution in [0.5, 0.6) is 0 Å². The molecule has 0 saturated carbocycles. The number of rotatable bonds is 8. The molecule has 0 aromatic heterocycles. The minimum Gasteiger partial charge on any atom is -0.314 e. The summed E-state index contributed by atoms with van der Waals surface area (Å²) in [6, 6.07) is 0.721. The Bertz CT molecular complexity index is 247. The van der Waals surface area contributed by atoms with Gasteiger partial charge in [-0.1, -0.05) is 26.7 Å². The van der Waals surface area contributed by atoms with Crippen molar-refractivity contribution in [2.75, 3.05) is 13.1 Å². The Hall–Kier alpha value is -0.630. The van der Waals surface area contributed by atoms with Crippen LogP contribution in [-0.2, 0) is 0 Å². The van der Waals surface area contributed by atoms with Crippen LogP contribution in [0.3, 0.4) is 0 Å². The molecule has 0 amide bonds. The van der Waals surface area contributed by atoms with E-state index in [0.717, 1.165) is 25.6 Å². The van der Waals surface area contributed by atoms with Crippen LogP contribution in [0.2, 0.25) is 0 Å². The molecule has 0 aliphatic carbocycles. The first kappa shape index (κ1) is 13.4. The number of nitrogens with one attached hydrogen (secondary N) is 1. The average molecular weight is 222 g/mol. The van der Waals surface area contributed by atoms with Gasteiger partial charge in [0.1, 0.15) is 0 Å². The molecule has 1 aliphatic heterocycles. The number of hydrogen-bond donors (Lipinski definition) is 1. The van der Waals surface area contributed by atoms with Gasteiger partial charge < -0.3 is 5.32 Å². The lowest BCUT2D eigenvalue weighted by atomic mass is 10.1. The third-order valence-electron chi connectivity index (χ3n) is 3.10. The lowest BCUT2D eigenvalue weighted by Gasteiger charge is -2.17. The second-order valence-corrected chi connectivity index (χ2v) is 4.74. The summed E-state index contributed by atoms with van der Waals surface area (Å²) in [5.41, 5.74) is 2.67. The van der Waals surface area contributed by atoms with Crippen molar-refractivity contribution in [2.24, 2.45) is 4.99 Å². The highest BCUT2D eigenvalue weighted by Gasteiger charge is 2.07. The fourth-order valence-corrected chi connectivity index (χ4v) is 2.25. The number of allylic oxidation sites excluding steroid dienone is 1. The van der Waals surface area contributed by atoms with Crippen molar-refractivity contribution in [1.29, 1.82) is 0 Å². The van der Waals surface area contributed by atoms with Gasteiger partial charge in [-0.2, -0.15) is 0 Å². The van der Waals surface area contributed by atoms with Crippen LogP contribution in [0.1, 0.15) is 52.9 Å². The standard InChI is InChI=1S/C14H26N2/c1-4-6-14(7-5-2)15-9-8-13-10-12(3)16-11-13/h10,14-15H,4-9,11H2,1-3H3. The number of nitrogens with zero attached hydrogens (tertiary/aromatic N) is 1. The van der Waals surface area contributed by atoms with Gasteiger partial charge >= 0.3 is 0 Å². The molecular weight excluding hydrogens is 196 g/mol. The molecule has 0 saturated heterocycles.